The van der Waals surface area contributed by atoms with Crippen molar-refractivity contribution in [1.82, 2.24) is 9.97 Å². The number of nitrogens with zero attached hydrogens (tertiary/aromatic N) is 2. The van der Waals surface area contributed by atoms with E-state index in [1.54, 1.807) is 12.1 Å². The quantitative estimate of drug-likeness (QED) is 0.322. The van der Waals surface area contributed by atoms with Crippen LogP contribution in [0.1, 0.15) is 15.9 Å². The molecule has 4 aromatic rings. The van der Waals surface area contributed by atoms with E-state index in [1.165, 1.54) is 36.4 Å². The molecule has 2 heterocycles. The fraction of sp³-hybridized carbons (Fsp3) is 0.0417. The highest BCUT2D eigenvalue weighted by Crippen LogP contribution is 2.30. The molecule has 0 aliphatic heterocycles. The minimum atomic E-state index is -4.50. The molecule has 1 amide bonds. The third kappa shape index (κ3) is 5.46. The van der Waals surface area contributed by atoms with Crippen molar-refractivity contribution in [2.24, 2.45) is 0 Å². The molecule has 0 aliphatic rings. The zero-order valence-corrected chi connectivity index (χ0v) is 17.8. The number of hydrogen-bond acceptors (Lipinski definition) is 6. The van der Waals surface area contributed by atoms with Crippen LogP contribution < -0.4 is 21.5 Å². The molecule has 7 nitrogen and oxygen atoms in total. The van der Waals surface area contributed by atoms with Gasteiger partial charge in [0.1, 0.15) is 17.4 Å². The number of hydrogen-bond donors (Lipinski definition) is 3. The summed E-state index contributed by atoms with van der Waals surface area (Å²) in [7, 11) is 0. The first-order valence-electron chi connectivity index (χ1n) is 10.0. The number of pyridine rings is 2. The summed E-state index contributed by atoms with van der Waals surface area (Å²) in [5.74, 6) is -1.08. The van der Waals surface area contributed by atoms with Crippen molar-refractivity contribution in [3.8, 4) is 22.9 Å². The molecule has 0 saturated carbocycles. The Labute approximate surface area is 196 Å². The van der Waals surface area contributed by atoms with Crippen molar-refractivity contribution in [1.29, 1.82) is 0 Å². The van der Waals surface area contributed by atoms with Gasteiger partial charge in [0.2, 0.25) is 5.88 Å². The zero-order chi connectivity index (χ0) is 25.2. The summed E-state index contributed by atoms with van der Waals surface area (Å²) in [6.07, 6.45) is -3.83. The topological polar surface area (TPSA) is 116 Å². The van der Waals surface area contributed by atoms with E-state index in [4.69, 9.17) is 16.2 Å². The lowest BCUT2D eigenvalue weighted by atomic mass is 10.1. The Morgan fingerprint density at radius 2 is 1.69 bits per heavy atom. The predicted molar refractivity (Wildman–Crippen MR) is 122 cm³/mol. The molecular weight excluding hydrogens is 466 g/mol. The molecule has 0 saturated heterocycles. The second kappa shape index (κ2) is 9.29. The molecule has 0 radical (unpaired) electrons. The van der Waals surface area contributed by atoms with Gasteiger partial charge in [-0.1, -0.05) is 0 Å². The van der Waals surface area contributed by atoms with Gasteiger partial charge in [0.05, 0.1) is 22.5 Å². The standard InChI is InChI=1S/C24H17F4N5O2/c25-18-7-1-13(20-9-8-19(29)22(30)33-20)11-17(18)23(34)32-15-3-5-16(6-4-15)35-21-10-2-14(12-31-21)24(26,27)28/h1-12H,29H2,(H2,30,33)(H,32,34). The van der Waals surface area contributed by atoms with Gasteiger partial charge in [-0.3, -0.25) is 4.79 Å². The lowest BCUT2D eigenvalue weighted by Gasteiger charge is -2.10. The maximum atomic E-state index is 14.4. The molecule has 2 aromatic heterocycles. The third-order valence-electron chi connectivity index (χ3n) is 4.86. The zero-order valence-electron chi connectivity index (χ0n) is 17.8. The highest BCUT2D eigenvalue weighted by Gasteiger charge is 2.30. The Bertz CT molecular complexity index is 1370. The number of nitrogen functional groups attached to an aromatic ring is 2. The van der Waals surface area contributed by atoms with Crippen molar-refractivity contribution in [2.75, 3.05) is 16.8 Å². The molecule has 0 unspecified atom stereocenters. The van der Waals surface area contributed by atoms with E-state index in [2.05, 4.69) is 15.3 Å². The van der Waals surface area contributed by atoms with Crippen LogP contribution in [-0.4, -0.2) is 15.9 Å². The van der Waals surface area contributed by atoms with Gasteiger partial charge < -0.3 is 21.5 Å². The fourth-order valence-electron chi connectivity index (χ4n) is 3.04. The van der Waals surface area contributed by atoms with Crippen molar-refractivity contribution < 1.29 is 27.1 Å². The van der Waals surface area contributed by atoms with Gasteiger partial charge in [-0.2, -0.15) is 13.2 Å². The van der Waals surface area contributed by atoms with E-state index in [0.29, 0.717) is 28.8 Å². The fourth-order valence-corrected chi connectivity index (χ4v) is 3.04. The van der Waals surface area contributed by atoms with Gasteiger partial charge in [-0.05, 0) is 60.7 Å². The van der Waals surface area contributed by atoms with Gasteiger partial charge in [0.25, 0.3) is 5.91 Å². The first-order chi connectivity index (χ1) is 16.6. The average molecular weight is 483 g/mol. The van der Waals surface area contributed by atoms with Crippen LogP contribution in [0.25, 0.3) is 11.3 Å². The van der Waals surface area contributed by atoms with Gasteiger partial charge >= 0.3 is 6.18 Å². The summed E-state index contributed by atoms with van der Waals surface area (Å²) in [4.78, 5) is 20.5. The Balaban J connectivity index is 1.46. The molecule has 0 fully saturated rings. The molecular formula is C24H17F4N5O2. The molecule has 0 aliphatic carbocycles. The van der Waals surface area contributed by atoms with Gasteiger partial charge in [-0.15, -0.1) is 0 Å². The number of halogens is 4. The van der Waals surface area contributed by atoms with E-state index >= 15 is 0 Å². The number of amides is 1. The number of nitrogens with one attached hydrogen (secondary N) is 1. The second-order valence-electron chi connectivity index (χ2n) is 7.33. The summed E-state index contributed by atoms with van der Waals surface area (Å²) in [5.41, 5.74) is 11.8. The monoisotopic (exact) mass is 483 g/mol. The Kier molecular flexibility index (Phi) is 6.24. The number of benzene rings is 2. The Morgan fingerprint density at radius 1 is 0.943 bits per heavy atom. The molecule has 2 aromatic carbocycles. The largest absolute Gasteiger partial charge is 0.439 e. The van der Waals surface area contributed by atoms with E-state index in [-0.39, 0.29) is 23.0 Å². The van der Waals surface area contributed by atoms with Crippen LogP contribution in [0.3, 0.4) is 0 Å². The second-order valence-corrected chi connectivity index (χ2v) is 7.33. The number of aromatic nitrogens is 2. The van der Waals surface area contributed by atoms with Crippen molar-refractivity contribution >= 4 is 23.1 Å². The van der Waals surface area contributed by atoms with Crippen molar-refractivity contribution in [2.45, 2.75) is 6.18 Å². The molecule has 5 N–H and O–H groups in total. The molecule has 0 spiro atoms. The summed E-state index contributed by atoms with van der Waals surface area (Å²) in [5, 5.41) is 2.57. The molecule has 4 rings (SSSR count). The van der Waals surface area contributed by atoms with Crippen LogP contribution in [0, 0.1) is 5.82 Å². The number of anilines is 3. The van der Waals surface area contributed by atoms with Gasteiger partial charge in [-0.25, -0.2) is 14.4 Å². The summed E-state index contributed by atoms with van der Waals surface area (Å²) in [6.45, 7) is 0. The third-order valence-corrected chi connectivity index (χ3v) is 4.86. The minimum Gasteiger partial charge on any atom is -0.439 e. The first kappa shape index (κ1) is 23.5. The van der Waals surface area contributed by atoms with Crippen LogP contribution in [0.2, 0.25) is 0 Å². The summed E-state index contributed by atoms with van der Waals surface area (Å²) < 4.78 is 57.7. The molecule has 178 valence electrons. The van der Waals surface area contributed by atoms with Crippen LogP contribution in [-0.2, 0) is 6.18 Å². The maximum absolute atomic E-state index is 14.4. The lowest BCUT2D eigenvalue weighted by molar-refractivity contribution is -0.137. The molecule has 35 heavy (non-hydrogen) atoms. The first-order valence-corrected chi connectivity index (χ1v) is 10.0. The predicted octanol–water partition coefficient (Wildman–Crippen LogP) is 5.51. The number of alkyl halides is 3. The van der Waals surface area contributed by atoms with E-state index in [1.807, 2.05) is 0 Å². The number of carbonyl (C=O) groups excluding carboxylic acids is 1. The smallest absolute Gasteiger partial charge is 0.417 e. The Hall–Kier alpha value is -4.67. The summed E-state index contributed by atoms with van der Waals surface area (Å²) in [6, 6.07) is 15.0. The number of nitrogens with two attached hydrogens (primary N) is 2. The lowest BCUT2D eigenvalue weighted by Crippen LogP contribution is -2.14. The number of ether oxygens (including phenoxy) is 1. The molecule has 0 bridgehead atoms. The van der Waals surface area contributed by atoms with Gasteiger partial charge in [0.15, 0.2) is 0 Å². The highest BCUT2D eigenvalue weighted by molar-refractivity contribution is 6.05. The summed E-state index contributed by atoms with van der Waals surface area (Å²) >= 11 is 0. The SMILES string of the molecule is Nc1ccc(-c2ccc(F)c(C(=O)Nc3ccc(Oc4ccc(C(F)(F)F)cn4)cc3)c2)nc1N. The maximum Gasteiger partial charge on any atom is 0.417 e. The minimum absolute atomic E-state index is 0.0365. The highest BCUT2D eigenvalue weighted by atomic mass is 19.4. The number of carbonyl (C=O) groups is 1. The van der Waals surface area contributed by atoms with Crippen molar-refractivity contribution in [3.05, 3.63) is 89.9 Å². The number of rotatable bonds is 5. The molecule has 0 atom stereocenters. The van der Waals surface area contributed by atoms with Gasteiger partial charge in [0, 0.05) is 23.5 Å². The van der Waals surface area contributed by atoms with E-state index < -0.39 is 23.5 Å². The Morgan fingerprint density at radius 3 is 2.31 bits per heavy atom. The van der Waals surface area contributed by atoms with Crippen LogP contribution in [0.4, 0.5) is 34.8 Å². The normalized spacial score (nSPS) is 11.2. The van der Waals surface area contributed by atoms with E-state index in [9.17, 15) is 22.4 Å². The van der Waals surface area contributed by atoms with E-state index in [0.717, 1.165) is 18.2 Å². The molecule has 11 heteroatoms. The van der Waals surface area contributed by atoms with Crippen LogP contribution in [0.5, 0.6) is 11.6 Å². The van der Waals surface area contributed by atoms with Crippen LogP contribution >= 0.6 is 0 Å². The van der Waals surface area contributed by atoms with Crippen molar-refractivity contribution in [3.63, 3.8) is 0 Å². The average Bonchev–Trinajstić information content (AvgIpc) is 2.82. The van der Waals surface area contributed by atoms with Crippen LogP contribution in [0.15, 0.2) is 72.9 Å².